The van der Waals surface area contributed by atoms with E-state index in [1.54, 1.807) is 6.07 Å². The molecular formula is C23H15F3N2O5. The Bertz CT molecular complexity index is 1240. The number of amides is 1. The van der Waals surface area contributed by atoms with Crippen molar-refractivity contribution < 1.29 is 36.7 Å². The van der Waals surface area contributed by atoms with Gasteiger partial charge in [0, 0.05) is 5.69 Å². The van der Waals surface area contributed by atoms with E-state index < -0.39 is 23.6 Å². The van der Waals surface area contributed by atoms with Crippen molar-refractivity contribution in [3.63, 3.8) is 0 Å². The molecule has 0 atom stereocenters. The minimum absolute atomic E-state index is 0.0148. The van der Waals surface area contributed by atoms with Crippen LogP contribution in [0, 0.1) is 11.3 Å². The Balaban J connectivity index is 1.79. The third kappa shape index (κ3) is 5.80. The molecule has 168 valence electrons. The van der Waals surface area contributed by atoms with Crippen LogP contribution in [0.2, 0.25) is 0 Å². The Kier molecular flexibility index (Phi) is 6.83. The SMILES string of the molecule is COc1cc(/C=C(\C#N)C(=O)Nc2cccc(C(F)(F)F)c2)ccc1OC(=O)c1ccco1. The van der Waals surface area contributed by atoms with Crippen molar-refractivity contribution in [2.45, 2.75) is 6.18 Å². The molecule has 0 saturated heterocycles. The second-order valence-corrected chi connectivity index (χ2v) is 6.48. The van der Waals surface area contributed by atoms with Gasteiger partial charge in [-0.05, 0) is 54.1 Å². The first-order chi connectivity index (χ1) is 15.7. The highest BCUT2D eigenvalue weighted by molar-refractivity contribution is 6.09. The van der Waals surface area contributed by atoms with Crippen molar-refractivity contribution in [1.82, 2.24) is 0 Å². The molecule has 1 N–H and O–H groups in total. The number of hydrogen-bond donors (Lipinski definition) is 1. The molecule has 3 rings (SSSR count). The fourth-order valence-electron chi connectivity index (χ4n) is 2.69. The summed E-state index contributed by atoms with van der Waals surface area (Å²) in [5.41, 5.74) is -1.07. The van der Waals surface area contributed by atoms with Crippen LogP contribution in [0.5, 0.6) is 11.5 Å². The number of nitrogens with zero attached hydrogens (tertiary/aromatic N) is 1. The number of nitriles is 1. The van der Waals surface area contributed by atoms with Gasteiger partial charge in [-0.15, -0.1) is 0 Å². The fraction of sp³-hybridized carbons (Fsp3) is 0.0870. The van der Waals surface area contributed by atoms with Crippen LogP contribution >= 0.6 is 0 Å². The monoisotopic (exact) mass is 456 g/mol. The molecule has 0 aliphatic heterocycles. The average molecular weight is 456 g/mol. The molecule has 1 aromatic heterocycles. The number of methoxy groups -OCH3 is 1. The first kappa shape index (κ1) is 23.1. The van der Waals surface area contributed by atoms with Gasteiger partial charge in [0.2, 0.25) is 5.76 Å². The minimum atomic E-state index is -4.58. The Hall–Kier alpha value is -4.52. The number of furan rings is 1. The van der Waals surface area contributed by atoms with Crippen molar-refractivity contribution in [2.75, 3.05) is 12.4 Å². The van der Waals surface area contributed by atoms with Gasteiger partial charge in [0.25, 0.3) is 5.91 Å². The number of anilines is 1. The molecule has 33 heavy (non-hydrogen) atoms. The van der Waals surface area contributed by atoms with Crippen molar-refractivity contribution >= 4 is 23.6 Å². The van der Waals surface area contributed by atoms with Crippen molar-refractivity contribution in [3.05, 3.63) is 83.3 Å². The molecule has 0 spiro atoms. The van der Waals surface area contributed by atoms with E-state index >= 15 is 0 Å². The van der Waals surface area contributed by atoms with E-state index in [1.807, 2.05) is 0 Å². The fourth-order valence-corrected chi connectivity index (χ4v) is 2.69. The van der Waals surface area contributed by atoms with Gasteiger partial charge in [0.05, 0.1) is 18.9 Å². The van der Waals surface area contributed by atoms with E-state index in [-0.39, 0.29) is 28.5 Å². The third-order valence-electron chi connectivity index (χ3n) is 4.24. The molecule has 0 aliphatic rings. The zero-order valence-corrected chi connectivity index (χ0v) is 17.0. The van der Waals surface area contributed by atoms with Gasteiger partial charge in [-0.1, -0.05) is 12.1 Å². The van der Waals surface area contributed by atoms with E-state index in [0.29, 0.717) is 5.56 Å². The highest BCUT2D eigenvalue weighted by Crippen LogP contribution is 2.31. The Morgan fingerprint density at radius 1 is 1.09 bits per heavy atom. The number of carbonyl (C=O) groups is 2. The van der Waals surface area contributed by atoms with Crippen molar-refractivity contribution in [2.24, 2.45) is 0 Å². The van der Waals surface area contributed by atoms with Gasteiger partial charge < -0.3 is 19.2 Å². The van der Waals surface area contributed by atoms with Crippen LogP contribution in [0.25, 0.3) is 6.08 Å². The molecule has 0 fully saturated rings. The highest BCUT2D eigenvalue weighted by atomic mass is 19.4. The Labute approximate surface area is 185 Å². The zero-order valence-electron chi connectivity index (χ0n) is 17.0. The summed E-state index contributed by atoms with van der Waals surface area (Å²) in [6.07, 6.45) is -2.05. The molecule has 10 heteroatoms. The number of esters is 1. The predicted octanol–water partition coefficient (Wildman–Crippen LogP) is 5.07. The summed E-state index contributed by atoms with van der Waals surface area (Å²) in [6.45, 7) is 0. The van der Waals surface area contributed by atoms with Crippen LogP contribution < -0.4 is 14.8 Å². The smallest absolute Gasteiger partial charge is 0.416 e. The lowest BCUT2D eigenvalue weighted by Crippen LogP contribution is -2.14. The summed E-state index contributed by atoms with van der Waals surface area (Å²) in [7, 11) is 1.33. The van der Waals surface area contributed by atoms with Gasteiger partial charge in [0.1, 0.15) is 11.6 Å². The van der Waals surface area contributed by atoms with Crippen molar-refractivity contribution in [1.29, 1.82) is 5.26 Å². The van der Waals surface area contributed by atoms with Crippen LogP contribution in [-0.4, -0.2) is 19.0 Å². The summed E-state index contributed by atoms with van der Waals surface area (Å²) in [5, 5.41) is 11.6. The molecule has 3 aromatic rings. The summed E-state index contributed by atoms with van der Waals surface area (Å²) in [5.74, 6) is -1.45. The molecule has 0 bridgehead atoms. The van der Waals surface area contributed by atoms with E-state index in [4.69, 9.17) is 13.9 Å². The molecule has 1 heterocycles. The van der Waals surface area contributed by atoms with Crippen LogP contribution in [0.15, 0.2) is 70.9 Å². The van der Waals surface area contributed by atoms with E-state index in [0.717, 1.165) is 18.2 Å². The quantitative estimate of drug-likeness (QED) is 0.240. The molecule has 0 radical (unpaired) electrons. The molecular weight excluding hydrogens is 441 g/mol. The largest absolute Gasteiger partial charge is 0.493 e. The van der Waals surface area contributed by atoms with Crippen LogP contribution in [0.4, 0.5) is 18.9 Å². The first-order valence-corrected chi connectivity index (χ1v) is 9.25. The number of hydrogen-bond acceptors (Lipinski definition) is 6. The van der Waals surface area contributed by atoms with Crippen LogP contribution in [0.3, 0.4) is 0 Å². The van der Waals surface area contributed by atoms with Crippen LogP contribution in [-0.2, 0) is 11.0 Å². The maximum absolute atomic E-state index is 12.9. The first-order valence-electron chi connectivity index (χ1n) is 9.25. The van der Waals surface area contributed by atoms with E-state index in [1.165, 1.54) is 55.8 Å². The van der Waals surface area contributed by atoms with Crippen molar-refractivity contribution in [3.8, 4) is 17.6 Å². The minimum Gasteiger partial charge on any atom is -0.493 e. The second kappa shape index (κ2) is 9.74. The number of ether oxygens (including phenoxy) is 2. The topological polar surface area (TPSA) is 102 Å². The summed E-state index contributed by atoms with van der Waals surface area (Å²) in [4.78, 5) is 24.5. The average Bonchev–Trinajstić information content (AvgIpc) is 3.33. The lowest BCUT2D eigenvalue weighted by Gasteiger charge is -2.10. The summed E-state index contributed by atoms with van der Waals surface area (Å²) in [6, 6.07) is 13.0. The normalized spacial score (nSPS) is 11.4. The third-order valence-corrected chi connectivity index (χ3v) is 4.24. The highest BCUT2D eigenvalue weighted by Gasteiger charge is 2.30. The Morgan fingerprint density at radius 2 is 1.88 bits per heavy atom. The van der Waals surface area contributed by atoms with Gasteiger partial charge >= 0.3 is 12.1 Å². The number of rotatable bonds is 6. The second-order valence-electron chi connectivity index (χ2n) is 6.48. The summed E-state index contributed by atoms with van der Waals surface area (Å²) >= 11 is 0. The summed E-state index contributed by atoms with van der Waals surface area (Å²) < 4.78 is 53.9. The number of halogens is 3. The van der Waals surface area contributed by atoms with E-state index in [2.05, 4.69) is 5.32 Å². The van der Waals surface area contributed by atoms with Gasteiger partial charge in [-0.3, -0.25) is 4.79 Å². The van der Waals surface area contributed by atoms with Gasteiger partial charge in [-0.25, -0.2) is 4.79 Å². The number of nitrogens with one attached hydrogen (secondary N) is 1. The standard InChI is InChI=1S/C23H15F3N2O5/c1-31-20-11-14(7-8-18(20)33-22(30)19-6-3-9-32-19)10-15(13-27)21(29)28-17-5-2-4-16(12-17)23(24,25)26/h2-12H,1H3,(H,28,29)/b15-10+. The number of alkyl halides is 3. The maximum Gasteiger partial charge on any atom is 0.416 e. The lowest BCUT2D eigenvalue weighted by atomic mass is 10.1. The molecule has 2 aromatic carbocycles. The molecule has 7 nitrogen and oxygen atoms in total. The van der Waals surface area contributed by atoms with Gasteiger partial charge in [0.15, 0.2) is 11.5 Å². The van der Waals surface area contributed by atoms with E-state index in [9.17, 15) is 28.0 Å². The molecule has 0 unspecified atom stereocenters. The number of carbonyl (C=O) groups excluding carboxylic acids is 2. The van der Waals surface area contributed by atoms with Crippen LogP contribution in [0.1, 0.15) is 21.7 Å². The zero-order chi connectivity index (χ0) is 24.0. The molecule has 1 amide bonds. The molecule has 0 aliphatic carbocycles. The van der Waals surface area contributed by atoms with Gasteiger partial charge in [-0.2, -0.15) is 18.4 Å². The number of benzene rings is 2. The predicted molar refractivity (Wildman–Crippen MR) is 110 cm³/mol. The lowest BCUT2D eigenvalue weighted by molar-refractivity contribution is -0.137. The maximum atomic E-state index is 12.9. The molecule has 0 saturated carbocycles. The Morgan fingerprint density at radius 3 is 2.52 bits per heavy atom.